The summed E-state index contributed by atoms with van der Waals surface area (Å²) in [5.41, 5.74) is 10.1. The lowest BCUT2D eigenvalue weighted by atomic mass is 10.0. The maximum atomic E-state index is 13.0. The fraction of sp³-hybridized carbons (Fsp3) is 0.407. The van der Waals surface area contributed by atoms with E-state index in [0.717, 1.165) is 43.4 Å². The number of hydrogen-bond donors (Lipinski definition) is 5. The number of hydrogen-bond acceptors (Lipinski definition) is 6. The van der Waals surface area contributed by atoms with Crippen LogP contribution in [0.15, 0.2) is 48.7 Å². The monoisotopic (exact) mass is 534 g/mol. The predicted molar refractivity (Wildman–Crippen MR) is 144 cm³/mol. The van der Waals surface area contributed by atoms with Gasteiger partial charge in [0.2, 0.25) is 5.91 Å². The Hall–Kier alpha value is -3.57. The van der Waals surface area contributed by atoms with Gasteiger partial charge < -0.3 is 26.7 Å². The summed E-state index contributed by atoms with van der Waals surface area (Å²) in [7, 11) is 1.74. The zero-order chi connectivity index (χ0) is 28.3. The van der Waals surface area contributed by atoms with E-state index in [2.05, 4.69) is 16.1 Å². The van der Waals surface area contributed by atoms with Gasteiger partial charge in [0.25, 0.3) is 5.91 Å². The van der Waals surface area contributed by atoms with E-state index < -0.39 is 11.7 Å². The fourth-order valence-electron chi connectivity index (χ4n) is 3.83. The van der Waals surface area contributed by atoms with Gasteiger partial charge in [-0.25, -0.2) is 0 Å². The number of unbranched alkanes of at least 4 members (excludes halogenated alkanes) is 3. The minimum atomic E-state index is -4.41. The highest BCUT2D eigenvalue weighted by Crippen LogP contribution is 2.34. The van der Waals surface area contributed by atoms with Crippen molar-refractivity contribution in [3.63, 3.8) is 0 Å². The molecule has 0 spiro atoms. The van der Waals surface area contributed by atoms with Crippen LogP contribution in [0.5, 0.6) is 0 Å². The SMILES string of the molecule is C/C(=C\NN)c1cc(C(=O)NCCCCCCNC(C)C(N)=O)ccc1N(C)c1ccc(C(F)(F)F)cc1. The summed E-state index contributed by atoms with van der Waals surface area (Å²) in [6, 6.07) is 9.72. The molecule has 1 atom stereocenters. The van der Waals surface area contributed by atoms with E-state index in [4.69, 9.17) is 11.6 Å². The average Bonchev–Trinajstić information content (AvgIpc) is 2.88. The van der Waals surface area contributed by atoms with Crippen LogP contribution < -0.4 is 32.5 Å². The number of allylic oxidation sites excluding steroid dienone is 1. The minimum absolute atomic E-state index is 0.222. The van der Waals surface area contributed by atoms with E-state index in [1.807, 2.05) is 6.92 Å². The summed E-state index contributed by atoms with van der Waals surface area (Å²) in [6.45, 7) is 4.77. The molecule has 2 amide bonds. The molecule has 2 aromatic rings. The quantitative estimate of drug-likeness (QED) is 0.141. The topological polar surface area (TPSA) is 126 Å². The largest absolute Gasteiger partial charge is 0.416 e. The van der Waals surface area contributed by atoms with Crippen molar-refractivity contribution >= 4 is 28.8 Å². The molecular weight excluding hydrogens is 497 g/mol. The molecule has 0 aromatic heterocycles. The summed E-state index contributed by atoms with van der Waals surface area (Å²) < 4.78 is 38.9. The highest BCUT2D eigenvalue weighted by Gasteiger charge is 2.30. The zero-order valence-electron chi connectivity index (χ0n) is 22.0. The number of carbonyl (C=O) groups excluding carboxylic acids is 2. The Morgan fingerprint density at radius 3 is 2.24 bits per heavy atom. The summed E-state index contributed by atoms with van der Waals surface area (Å²) in [5, 5.41) is 5.98. The molecule has 0 aliphatic rings. The van der Waals surface area contributed by atoms with Crippen molar-refractivity contribution in [2.45, 2.75) is 51.7 Å². The summed E-state index contributed by atoms with van der Waals surface area (Å²) >= 11 is 0. The Morgan fingerprint density at radius 1 is 1.03 bits per heavy atom. The second-order valence-electron chi connectivity index (χ2n) is 9.08. The smallest absolute Gasteiger partial charge is 0.368 e. The number of nitrogens with two attached hydrogens (primary N) is 2. The van der Waals surface area contributed by atoms with Crippen LogP contribution in [0.4, 0.5) is 24.5 Å². The standard InChI is InChI=1S/C27H37F3N6O2/c1-18(17-35-32)23-16-20(26(38)34-15-7-5-4-6-14-33-19(2)25(31)37)8-13-24(23)36(3)22-11-9-21(10-12-22)27(28,29)30/h8-13,16-17,19,33,35H,4-7,14-15,32H2,1-3H3,(H2,31,37)(H,34,38)/b18-17+. The molecule has 0 heterocycles. The number of amides is 2. The first-order valence-corrected chi connectivity index (χ1v) is 12.4. The Kier molecular flexibility index (Phi) is 11.6. The second kappa shape index (κ2) is 14.4. The molecule has 2 rings (SSSR count). The first-order chi connectivity index (χ1) is 18.0. The average molecular weight is 535 g/mol. The van der Waals surface area contributed by atoms with Gasteiger partial charge in [-0.1, -0.05) is 12.8 Å². The molecular formula is C27H37F3N6O2. The molecule has 11 heteroatoms. The van der Waals surface area contributed by atoms with Gasteiger partial charge in [-0.2, -0.15) is 13.2 Å². The number of anilines is 2. The molecule has 7 N–H and O–H groups in total. The third-order valence-corrected chi connectivity index (χ3v) is 6.19. The molecule has 208 valence electrons. The van der Waals surface area contributed by atoms with Crippen molar-refractivity contribution in [2.24, 2.45) is 11.6 Å². The second-order valence-corrected chi connectivity index (χ2v) is 9.08. The van der Waals surface area contributed by atoms with E-state index in [9.17, 15) is 22.8 Å². The highest BCUT2D eigenvalue weighted by molar-refractivity contribution is 5.96. The van der Waals surface area contributed by atoms with E-state index in [0.29, 0.717) is 35.6 Å². The van der Waals surface area contributed by atoms with Gasteiger partial charge in [-0.3, -0.25) is 15.4 Å². The van der Waals surface area contributed by atoms with Crippen LogP contribution in [-0.2, 0) is 11.0 Å². The van der Waals surface area contributed by atoms with Gasteiger partial charge in [0.1, 0.15) is 0 Å². The van der Waals surface area contributed by atoms with E-state index in [1.165, 1.54) is 12.1 Å². The number of nitrogens with one attached hydrogen (secondary N) is 3. The molecule has 0 aliphatic heterocycles. The van der Waals surface area contributed by atoms with Crippen molar-refractivity contribution in [3.8, 4) is 0 Å². The van der Waals surface area contributed by atoms with Crippen LogP contribution in [0, 0.1) is 0 Å². The van der Waals surface area contributed by atoms with Crippen LogP contribution in [-0.4, -0.2) is 38.0 Å². The number of benzene rings is 2. The Morgan fingerprint density at radius 2 is 1.66 bits per heavy atom. The first kappa shape index (κ1) is 30.7. The van der Waals surface area contributed by atoms with E-state index in [1.54, 1.807) is 43.3 Å². The van der Waals surface area contributed by atoms with Gasteiger partial charge in [0, 0.05) is 42.3 Å². The van der Waals surface area contributed by atoms with Crippen molar-refractivity contribution in [1.29, 1.82) is 0 Å². The van der Waals surface area contributed by atoms with Crippen molar-refractivity contribution in [3.05, 3.63) is 65.4 Å². The Balaban J connectivity index is 2.02. The molecule has 2 aromatic carbocycles. The molecule has 0 saturated carbocycles. The lowest BCUT2D eigenvalue weighted by Crippen LogP contribution is -2.39. The van der Waals surface area contributed by atoms with E-state index in [-0.39, 0.29) is 17.9 Å². The number of alkyl halides is 3. The highest BCUT2D eigenvalue weighted by atomic mass is 19.4. The number of rotatable bonds is 14. The summed E-state index contributed by atoms with van der Waals surface area (Å²) in [6.07, 6.45) is 0.780. The molecule has 0 aliphatic carbocycles. The third kappa shape index (κ3) is 9.07. The summed E-state index contributed by atoms with van der Waals surface area (Å²) in [4.78, 5) is 25.5. The molecule has 0 radical (unpaired) electrons. The van der Waals surface area contributed by atoms with Crippen molar-refractivity contribution < 1.29 is 22.8 Å². The van der Waals surface area contributed by atoms with E-state index >= 15 is 0 Å². The van der Waals surface area contributed by atoms with Gasteiger partial charge in [0.05, 0.1) is 11.6 Å². The molecule has 0 bridgehead atoms. The fourth-order valence-corrected chi connectivity index (χ4v) is 3.83. The van der Waals surface area contributed by atoms with Gasteiger partial charge >= 0.3 is 6.18 Å². The lowest BCUT2D eigenvalue weighted by molar-refractivity contribution is -0.137. The molecule has 8 nitrogen and oxygen atoms in total. The Labute approximate surface area is 221 Å². The minimum Gasteiger partial charge on any atom is -0.368 e. The molecule has 0 saturated heterocycles. The number of carbonyl (C=O) groups is 2. The number of halogens is 3. The van der Waals surface area contributed by atoms with Crippen LogP contribution in [0.1, 0.15) is 61.0 Å². The molecule has 1 unspecified atom stereocenters. The van der Waals surface area contributed by atoms with Crippen molar-refractivity contribution in [2.75, 3.05) is 25.0 Å². The molecule has 0 fully saturated rings. The number of primary amides is 1. The lowest BCUT2D eigenvalue weighted by Gasteiger charge is -2.24. The van der Waals surface area contributed by atoms with Crippen molar-refractivity contribution in [1.82, 2.24) is 16.1 Å². The van der Waals surface area contributed by atoms with Gasteiger partial charge in [-0.15, -0.1) is 0 Å². The van der Waals surface area contributed by atoms with Crippen LogP contribution in [0.3, 0.4) is 0 Å². The maximum Gasteiger partial charge on any atom is 0.416 e. The predicted octanol–water partition coefficient (Wildman–Crippen LogP) is 4.05. The van der Waals surface area contributed by atoms with Crippen LogP contribution >= 0.6 is 0 Å². The number of hydrazine groups is 1. The van der Waals surface area contributed by atoms with Crippen LogP contribution in [0.2, 0.25) is 0 Å². The normalized spacial score (nSPS) is 12.7. The zero-order valence-corrected chi connectivity index (χ0v) is 22.0. The molecule has 38 heavy (non-hydrogen) atoms. The number of nitrogens with zero attached hydrogens (tertiary/aromatic N) is 1. The Bertz CT molecular complexity index is 1100. The third-order valence-electron chi connectivity index (χ3n) is 6.19. The summed E-state index contributed by atoms with van der Waals surface area (Å²) in [5.74, 6) is 4.86. The van der Waals surface area contributed by atoms with Crippen LogP contribution in [0.25, 0.3) is 5.57 Å². The van der Waals surface area contributed by atoms with Gasteiger partial charge in [-0.05, 0) is 81.3 Å². The maximum absolute atomic E-state index is 13.0. The first-order valence-electron chi connectivity index (χ1n) is 12.4. The van der Waals surface area contributed by atoms with Gasteiger partial charge in [0.15, 0.2) is 0 Å².